The molecule has 4 nitrogen and oxygen atoms in total. The van der Waals surface area contributed by atoms with Gasteiger partial charge in [-0.2, -0.15) is 0 Å². The number of aryl methyl sites for hydroxylation is 1. The van der Waals surface area contributed by atoms with E-state index in [1.165, 1.54) is 37.7 Å². The molecule has 0 aliphatic rings. The molecule has 4 heteroatoms. The van der Waals surface area contributed by atoms with Gasteiger partial charge in [0.05, 0.1) is 0 Å². The Kier molecular flexibility index (Phi) is 20.4. The van der Waals surface area contributed by atoms with Crippen LogP contribution in [0.1, 0.15) is 71.3 Å². The lowest BCUT2D eigenvalue weighted by Crippen LogP contribution is -2.29. The van der Waals surface area contributed by atoms with Crippen LogP contribution in [-0.4, -0.2) is 23.7 Å². The number of carboxylic acid groups (broad SMARTS) is 1. The van der Waals surface area contributed by atoms with Crippen LogP contribution in [0.4, 0.5) is 0 Å². The average molecular weight is 339 g/mol. The second-order valence-electron chi connectivity index (χ2n) is 5.53. The number of nitrogens with two attached hydrogens (primary N) is 2. The molecule has 1 aromatic rings. The molecule has 0 radical (unpaired) electrons. The number of hydrogen-bond donors (Lipinski definition) is 3. The molecule has 0 aliphatic heterocycles. The zero-order chi connectivity index (χ0) is 18.6. The molecule has 0 aliphatic carbocycles. The zero-order valence-electron chi connectivity index (χ0n) is 15.8. The summed E-state index contributed by atoms with van der Waals surface area (Å²) in [6.07, 6.45) is 8.85. The van der Waals surface area contributed by atoms with Crippen molar-refractivity contribution in [3.05, 3.63) is 35.9 Å². The predicted octanol–water partition coefficient (Wildman–Crippen LogP) is 4.36. The molecule has 0 spiro atoms. The molecule has 0 saturated carbocycles. The van der Waals surface area contributed by atoms with E-state index in [1.54, 1.807) is 0 Å². The normalized spacial score (nSPS) is 10.7. The van der Waals surface area contributed by atoms with Gasteiger partial charge in [-0.1, -0.05) is 76.8 Å². The maximum atomic E-state index is 10.1. The third-order valence-electron chi connectivity index (χ3n) is 3.45. The van der Waals surface area contributed by atoms with E-state index in [0.29, 0.717) is 13.0 Å². The molecule has 1 aromatic carbocycles. The summed E-state index contributed by atoms with van der Waals surface area (Å²) in [6, 6.07) is 10.0. The van der Waals surface area contributed by atoms with E-state index in [4.69, 9.17) is 16.6 Å². The smallest absolute Gasteiger partial charge is 0.320 e. The van der Waals surface area contributed by atoms with E-state index in [9.17, 15) is 4.79 Å². The van der Waals surface area contributed by atoms with Crippen LogP contribution in [0.3, 0.4) is 0 Å². The van der Waals surface area contributed by atoms with E-state index in [2.05, 4.69) is 37.3 Å². The van der Waals surface area contributed by atoms with Crippen LogP contribution in [0, 0.1) is 0 Å². The quantitative estimate of drug-likeness (QED) is 0.553. The molecule has 1 rings (SSSR count). The SMILES string of the molecule is CC.CCCCCCc1ccccc1.NCCCCC(N)C(=O)O. The predicted molar refractivity (Wildman–Crippen MR) is 104 cm³/mol. The van der Waals surface area contributed by atoms with Gasteiger partial charge in [-0.25, -0.2) is 0 Å². The molecule has 1 atom stereocenters. The minimum absolute atomic E-state index is 0.520. The molecular formula is C20H38N2O2. The summed E-state index contributed by atoms with van der Waals surface area (Å²) in [5.41, 5.74) is 11.9. The van der Waals surface area contributed by atoms with Crippen LogP contribution in [0.25, 0.3) is 0 Å². The van der Waals surface area contributed by atoms with Crippen LogP contribution < -0.4 is 11.5 Å². The van der Waals surface area contributed by atoms with E-state index >= 15 is 0 Å². The number of aliphatic carboxylic acids is 1. The van der Waals surface area contributed by atoms with Gasteiger partial charge in [-0.3, -0.25) is 4.79 Å². The molecular weight excluding hydrogens is 300 g/mol. The maximum Gasteiger partial charge on any atom is 0.320 e. The number of carbonyl (C=O) groups is 1. The third kappa shape index (κ3) is 17.0. The van der Waals surface area contributed by atoms with Gasteiger partial charge >= 0.3 is 5.97 Å². The van der Waals surface area contributed by atoms with Crippen molar-refractivity contribution in [2.45, 2.75) is 78.2 Å². The zero-order valence-corrected chi connectivity index (χ0v) is 15.8. The van der Waals surface area contributed by atoms with Crippen LogP contribution in [0.2, 0.25) is 0 Å². The first-order valence-electron chi connectivity index (χ1n) is 9.34. The highest BCUT2D eigenvalue weighted by Crippen LogP contribution is 2.06. The van der Waals surface area contributed by atoms with Crippen molar-refractivity contribution in [2.24, 2.45) is 11.5 Å². The highest BCUT2D eigenvalue weighted by atomic mass is 16.4. The van der Waals surface area contributed by atoms with Crippen LogP contribution in [-0.2, 0) is 11.2 Å². The second kappa shape index (κ2) is 19.7. The van der Waals surface area contributed by atoms with Gasteiger partial charge in [0.2, 0.25) is 0 Å². The van der Waals surface area contributed by atoms with E-state index in [0.717, 1.165) is 12.8 Å². The Balaban J connectivity index is 0. The summed E-state index contributed by atoms with van der Waals surface area (Å²) in [5.74, 6) is -0.933. The lowest BCUT2D eigenvalue weighted by molar-refractivity contribution is -0.138. The standard InChI is InChI=1S/C12H18.C6H14N2O2.C2H6/c1-2-3-4-6-9-12-10-7-5-8-11-12;7-4-2-1-3-5(8)6(9)10;1-2/h5,7-8,10-11H,2-4,6,9H2,1H3;5H,1-4,7-8H2,(H,9,10);1-2H3. The van der Waals surface area contributed by atoms with Crippen molar-refractivity contribution in [3.63, 3.8) is 0 Å². The molecule has 0 heterocycles. The first kappa shape index (κ1) is 24.9. The van der Waals surface area contributed by atoms with Crippen LogP contribution >= 0.6 is 0 Å². The van der Waals surface area contributed by atoms with Crippen LogP contribution in [0.5, 0.6) is 0 Å². The monoisotopic (exact) mass is 338 g/mol. The highest BCUT2D eigenvalue weighted by molar-refractivity contribution is 5.72. The molecule has 1 unspecified atom stereocenters. The van der Waals surface area contributed by atoms with Gasteiger partial charge in [0, 0.05) is 0 Å². The lowest BCUT2D eigenvalue weighted by atomic mass is 10.1. The summed E-state index contributed by atoms with van der Waals surface area (Å²) in [4.78, 5) is 10.1. The van der Waals surface area contributed by atoms with E-state index < -0.39 is 12.0 Å². The number of unbranched alkanes of at least 4 members (excludes halogenated alkanes) is 4. The van der Waals surface area contributed by atoms with Crippen molar-refractivity contribution in [1.82, 2.24) is 0 Å². The molecule has 24 heavy (non-hydrogen) atoms. The van der Waals surface area contributed by atoms with Gasteiger partial charge in [-0.05, 0) is 37.8 Å². The average Bonchev–Trinajstić information content (AvgIpc) is 2.62. The minimum atomic E-state index is -0.933. The van der Waals surface area contributed by atoms with E-state index in [1.807, 2.05) is 13.8 Å². The maximum absolute atomic E-state index is 10.1. The Morgan fingerprint density at radius 3 is 2.17 bits per heavy atom. The second-order valence-corrected chi connectivity index (χ2v) is 5.53. The van der Waals surface area contributed by atoms with Crippen molar-refractivity contribution in [3.8, 4) is 0 Å². The number of benzene rings is 1. The molecule has 0 aromatic heterocycles. The lowest BCUT2D eigenvalue weighted by Gasteiger charge is -2.03. The number of carboxylic acids is 1. The fourth-order valence-corrected chi connectivity index (χ4v) is 2.03. The minimum Gasteiger partial charge on any atom is -0.480 e. The molecule has 0 amide bonds. The third-order valence-corrected chi connectivity index (χ3v) is 3.45. The molecule has 5 N–H and O–H groups in total. The van der Waals surface area contributed by atoms with Crippen LogP contribution in [0.15, 0.2) is 30.3 Å². The number of rotatable bonds is 10. The molecule has 140 valence electrons. The Hall–Kier alpha value is -1.39. The molecule has 0 fully saturated rings. The van der Waals surface area contributed by atoms with Crippen molar-refractivity contribution in [1.29, 1.82) is 0 Å². The van der Waals surface area contributed by atoms with Gasteiger partial charge in [0.15, 0.2) is 0 Å². The largest absolute Gasteiger partial charge is 0.480 e. The first-order valence-corrected chi connectivity index (χ1v) is 9.34. The Morgan fingerprint density at radius 1 is 1.04 bits per heavy atom. The summed E-state index contributed by atoms with van der Waals surface area (Å²) in [6.45, 7) is 6.86. The fraction of sp³-hybridized carbons (Fsp3) is 0.650. The first-order chi connectivity index (χ1) is 11.6. The molecule has 0 bridgehead atoms. The summed E-state index contributed by atoms with van der Waals surface area (Å²) >= 11 is 0. The Bertz CT molecular complexity index is 369. The summed E-state index contributed by atoms with van der Waals surface area (Å²) in [5, 5.41) is 8.33. The van der Waals surface area contributed by atoms with Gasteiger partial charge < -0.3 is 16.6 Å². The molecule has 0 saturated heterocycles. The van der Waals surface area contributed by atoms with Gasteiger partial charge in [0.25, 0.3) is 0 Å². The fourth-order valence-electron chi connectivity index (χ4n) is 2.03. The Morgan fingerprint density at radius 2 is 1.67 bits per heavy atom. The topological polar surface area (TPSA) is 89.3 Å². The van der Waals surface area contributed by atoms with Gasteiger partial charge in [0.1, 0.15) is 6.04 Å². The number of hydrogen-bond acceptors (Lipinski definition) is 3. The van der Waals surface area contributed by atoms with Crippen molar-refractivity contribution < 1.29 is 9.90 Å². The Labute approximate surface area is 148 Å². The summed E-state index contributed by atoms with van der Waals surface area (Å²) in [7, 11) is 0. The van der Waals surface area contributed by atoms with Crippen molar-refractivity contribution >= 4 is 5.97 Å². The highest BCUT2D eigenvalue weighted by Gasteiger charge is 2.09. The van der Waals surface area contributed by atoms with Gasteiger partial charge in [-0.15, -0.1) is 0 Å². The van der Waals surface area contributed by atoms with Crippen molar-refractivity contribution in [2.75, 3.05) is 6.54 Å². The van der Waals surface area contributed by atoms with E-state index in [-0.39, 0.29) is 0 Å². The summed E-state index contributed by atoms with van der Waals surface area (Å²) < 4.78 is 0.